The highest BCUT2D eigenvalue weighted by Gasteiger charge is 2.34. The summed E-state index contributed by atoms with van der Waals surface area (Å²) in [6.07, 6.45) is 7.68. The summed E-state index contributed by atoms with van der Waals surface area (Å²) in [4.78, 5) is 31.2. The minimum atomic E-state index is -0.557. The van der Waals surface area contributed by atoms with E-state index in [1.165, 1.54) is 12.8 Å². The normalized spacial score (nSPS) is 22.0. The summed E-state index contributed by atoms with van der Waals surface area (Å²) in [6, 6.07) is 3.56. The number of hydrogen-bond acceptors (Lipinski definition) is 8. The number of anilines is 1. The van der Waals surface area contributed by atoms with Crippen molar-refractivity contribution < 1.29 is 14.7 Å². The maximum absolute atomic E-state index is 12.9. The highest BCUT2D eigenvalue weighted by atomic mass is 35.5. The number of aromatic nitrogens is 4. The number of amides is 1. The number of nitrogens with zero attached hydrogens (tertiary/aromatic N) is 7. The lowest BCUT2D eigenvalue weighted by Crippen LogP contribution is -2.55. The Labute approximate surface area is 251 Å². The maximum Gasteiger partial charge on any atom is 0.410 e. The van der Waals surface area contributed by atoms with Gasteiger partial charge in [-0.05, 0) is 64.5 Å². The third-order valence-electron chi connectivity index (χ3n) is 8.17. The molecule has 11 nitrogen and oxygen atoms in total. The predicted octanol–water partition coefficient (Wildman–Crippen LogP) is 5.51. The van der Waals surface area contributed by atoms with Crippen molar-refractivity contribution in [1.82, 2.24) is 24.4 Å². The molecule has 1 atom stereocenters. The summed E-state index contributed by atoms with van der Waals surface area (Å²) in [7, 11) is 0. The zero-order valence-corrected chi connectivity index (χ0v) is 25.8. The molecule has 3 aromatic heterocycles. The molecule has 3 aromatic rings. The van der Waals surface area contributed by atoms with Gasteiger partial charge in [-0.25, -0.2) is 14.8 Å². The standard InChI is InChI=1S/C30H41ClN8O3/c1-18-6-8-20(9-7-18)17-39-26-23(13-24(27(32)36-41)34-25(26)21-12-22(31)15-33-14-21)35-28(39)38-11-10-37(16-19(38)2)29(40)42-30(3,4)5/h12-15,18-20,41H,6-11,16-17H2,1-5H3,(H2,32,36)/t18?,19-,20?/m1/s1. The van der Waals surface area contributed by atoms with Crippen LogP contribution in [0.3, 0.4) is 0 Å². The van der Waals surface area contributed by atoms with E-state index in [0.717, 1.165) is 36.8 Å². The van der Waals surface area contributed by atoms with Crippen LogP contribution in [0.1, 0.15) is 66.0 Å². The highest BCUT2D eigenvalue weighted by Crippen LogP contribution is 2.37. The van der Waals surface area contributed by atoms with Gasteiger partial charge >= 0.3 is 6.09 Å². The number of ether oxygens (including phenoxy) is 1. The zero-order chi connectivity index (χ0) is 30.2. The van der Waals surface area contributed by atoms with Gasteiger partial charge < -0.3 is 30.0 Å². The summed E-state index contributed by atoms with van der Waals surface area (Å²) in [6.45, 7) is 12.5. The summed E-state index contributed by atoms with van der Waals surface area (Å²) in [5.41, 5.74) is 8.64. The van der Waals surface area contributed by atoms with Gasteiger partial charge in [-0.3, -0.25) is 4.98 Å². The lowest BCUT2D eigenvalue weighted by atomic mass is 9.83. The molecule has 12 heteroatoms. The Kier molecular flexibility index (Phi) is 8.50. The van der Waals surface area contributed by atoms with E-state index >= 15 is 0 Å². The Morgan fingerprint density at radius 3 is 2.52 bits per heavy atom. The Morgan fingerprint density at radius 1 is 1.14 bits per heavy atom. The third kappa shape index (κ3) is 6.40. The van der Waals surface area contributed by atoms with Crippen LogP contribution in [-0.4, -0.2) is 72.8 Å². The molecule has 1 aliphatic heterocycles. The van der Waals surface area contributed by atoms with Crippen molar-refractivity contribution in [3.05, 3.63) is 35.2 Å². The van der Waals surface area contributed by atoms with E-state index in [4.69, 9.17) is 32.0 Å². The van der Waals surface area contributed by atoms with Crippen LogP contribution in [0.4, 0.5) is 10.7 Å². The van der Waals surface area contributed by atoms with Crippen LogP contribution >= 0.6 is 11.6 Å². The number of halogens is 1. The van der Waals surface area contributed by atoms with Crippen molar-refractivity contribution in [2.24, 2.45) is 22.7 Å². The second-order valence-electron chi connectivity index (χ2n) is 12.7. The molecule has 0 bridgehead atoms. The topological polar surface area (TPSA) is 135 Å². The Balaban J connectivity index is 1.61. The Morgan fingerprint density at radius 2 is 1.88 bits per heavy atom. The van der Waals surface area contributed by atoms with Gasteiger partial charge in [0.1, 0.15) is 11.3 Å². The second-order valence-corrected chi connectivity index (χ2v) is 13.2. The molecule has 0 unspecified atom stereocenters. The van der Waals surface area contributed by atoms with Crippen LogP contribution in [0.2, 0.25) is 5.02 Å². The third-order valence-corrected chi connectivity index (χ3v) is 8.37. The molecule has 5 rings (SSSR count). The van der Waals surface area contributed by atoms with Crippen LogP contribution in [-0.2, 0) is 11.3 Å². The van der Waals surface area contributed by atoms with Crippen LogP contribution < -0.4 is 10.6 Å². The number of hydrogen-bond donors (Lipinski definition) is 2. The minimum absolute atomic E-state index is 0.0130. The molecule has 0 aromatic carbocycles. The molecule has 0 radical (unpaired) electrons. The molecular formula is C30H41ClN8O3. The molecule has 0 spiro atoms. The molecule has 4 heterocycles. The lowest BCUT2D eigenvalue weighted by Gasteiger charge is -2.41. The largest absolute Gasteiger partial charge is 0.444 e. The monoisotopic (exact) mass is 596 g/mol. The molecule has 2 fully saturated rings. The van der Waals surface area contributed by atoms with Crippen molar-refractivity contribution in [1.29, 1.82) is 0 Å². The summed E-state index contributed by atoms with van der Waals surface area (Å²) < 4.78 is 7.92. The van der Waals surface area contributed by atoms with Crippen molar-refractivity contribution in [3.63, 3.8) is 0 Å². The molecule has 1 aliphatic carbocycles. The van der Waals surface area contributed by atoms with Gasteiger partial charge in [0.25, 0.3) is 0 Å². The van der Waals surface area contributed by atoms with E-state index in [9.17, 15) is 10.0 Å². The number of carbonyl (C=O) groups is 1. The first-order chi connectivity index (χ1) is 19.9. The number of nitrogens with two attached hydrogens (primary N) is 1. The fourth-order valence-corrected chi connectivity index (χ4v) is 6.15. The quantitative estimate of drug-likeness (QED) is 0.170. The van der Waals surface area contributed by atoms with Gasteiger partial charge in [0.15, 0.2) is 5.84 Å². The van der Waals surface area contributed by atoms with E-state index in [2.05, 4.69) is 33.5 Å². The number of carbonyl (C=O) groups excluding carboxylic acids is 1. The van der Waals surface area contributed by atoms with Gasteiger partial charge in [0.05, 0.1) is 21.7 Å². The lowest BCUT2D eigenvalue weighted by molar-refractivity contribution is 0.0217. The first kappa shape index (κ1) is 29.9. The van der Waals surface area contributed by atoms with Crippen molar-refractivity contribution >= 4 is 40.5 Å². The van der Waals surface area contributed by atoms with E-state index in [-0.39, 0.29) is 18.0 Å². The Hall–Kier alpha value is -3.60. The number of fused-ring (bicyclic) bond motifs is 1. The van der Waals surface area contributed by atoms with E-state index < -0.39 is 5.60 Å². The summed E-state index contributed by atoms with van der Waals surface area (Å²) in [5.74, 6) is 1.93. The number of oxime groups is 1. The number of rotatable bonds is 5. The summed E-state index contributed by atoms with van der Waals surface area (Å²) in [5, 5.41) is 13.1. The van der Waals surface area contributed by atoms with Crippen LogP contribution in [0, 0.1) is 11.8 Å². The van der Waals surface area contributed by atoms with Gasteiger partial charge in [-0.15, -0.1) is 0 Å². The van der Waals surface area contributed by atoms with Gasteiger partial charge in [-0.2, -0.15) is 0 Å². The van der Waals surface area contributed by atoms with E-state index in [1.807, 2.05) is 26.8 Å². The first-order valence-corrected chi connectivity index (χ1v) is 15.1. The van der Waals surface area contributed by atoms with Crippen molar-refractivity contribution in [2.75, 3.05) is 24.5 Å². The average molecular weight is 597 g/mol. The molecule has 1 saturated carbocycles. The molecule has 226 valence electrons. The molecule has 1 saturated heterocycles. The number of amidine groups is 1. The predicted molar refractivity (Wildman–Crippen MR) is 164 cm³/mol. The number of piperazine rings is 1. The van der Waals surface area contributed by atoms with Crippen LogP contribution in [0.25, 0.3) is 22.3 Å². The van der Waals surface area contributed by atoms with Gasteiger partial charge in [0.2, 0.25) is 5.95 Å². The smallest absolute Gasteiger partial charge is 0.410 e. The average Bonchev–Trinajstić information content (AvgIpc) is 3.30. The SMILES string of the molecule is CC1CCC(Cn2c(N3CCN(C(=O)OC(C)(C)C)C[C@H]3C)nc3cc(C(N)=NO)nc(-c4cncc(Cl)c4)c32)CC1. The van der Waals surface area contributed by atoms with Crippen molar-refractivity contribution in [3.8, 4) is 11.3 Å². The number of imidazole rings is 1. The van der Waals surface area contributed by atoms with Crippen LogP contribution in [0.15, 0.2) is 29.7 Å². The second kappa shape index (κ2) is 11.9. The van der Waals surface area contributed by atoms with Gasteiger partial charge in [-0.1, -0.05) is 36.5 Å². The fourth-order valence-electron chi connectivity index (χ4n) is 5.98. The molecule has 1 amide bonds. The Bertz CT molecular complexity index is 1480. The summed E-state index contributed by atoms with van der Waals surface area (Å²) >= 11 is 6.36. The maximum atomic E-state index is 12.9. The molecule has 42 heavy (non-hydrogen) atoms. The highest BCUT2D eigenvalue weighted by molar-refractivity contribution is 6.30. The van der Waals surface area contributed by atoms with E-state index in [1.54, 1.807) is 23.4 Å². The number of pyridine rings is 2. The first-order valence-electron chi connectivity index (χ1n) is 14.7. The zero-order valence-electron chi connectivity index (χ0n) is 25.0. The molecule has 2 aliphatic rings. The fraction of sp³-hybridized carbons (Fsp3) is 0.567. The van der Waals surface area contributed by atoms with Gasteiger partial charge in [0, 0.05) is 50.2 Å². The molecular weight excluding hydrogens is 556 g/mol. The van der Waals surface area contributed by atoms with E-state index in [0.29, 0.717) is 53.0 Å². The van der Waals surface area contributed by atoms with Crippen LogP contribution in [0.5, 0.6) is 0 Å². The molecule has 3 N–H and O–H groups in total. The van der Waals surface area contributed by atoms with Crippen molar-refractivity contribution in [2.45, 2.75) is 78.5 Å². The minimum Gasteiger partial charge on any atom is -0.444 e.